The zero-order valence-corrected chi connectivity index (χ0v) is 19.3. The molecule has 0 fully saturated rings. The Morgan fingerprint density at radius 1 is 0.444 bits per heavy atom. The molecule has 0 atom stereocenters. The summed E-state index contributed by atoms with van der Waals surface area (Å²) in [4.78, 5) is 0. The molecule has 0 aromatic heterocycles. The van der Waals surface area contributed by atoms with E-state index in [1.807, 2.05) is 36.4 Å². The fraction of sp³-hybridized carbons (Fsp3) is 0.167. The van der Waals surface area contributed by atoms with E-state index in [1.165, 1.54) is 0 Å². The highest BCUT2D eigenvalue weighted by Crippen LogP contribution is 2.39. The number of nitrogens with zero attached hydrogens (tertiary/aromatic N) is 5. The summed E-state index contributed by atoms with van der Waals surface area (Å²) in [6.07, 6.45) is 0.798. The standard InChI is InChI=1S/C30H18N6/c31-7-1-19-13-25-26(14-20(19)2-8-32)28-16-22(4-10-34)24(6-12-36)18-30(28)29-17-23(5-11-35)21(3-9-33)15-27(25)29/h13-18H,1-5,36H2. The third-order valence-corrected chi connectivity index (χ3v) is 6.35. The van der Waals surface area contributed by atoms with Crippen molar-refractivity contribution in [3.63, 3.8) is 0 Å². The zero-order chi connectivity index (χ0) is 25.7. The topological polar surface area (TPSA) is 145 Å². The summed E-state index contributed by atoms with van der Waals surface area (Å²) < 4.78 is 0. The lowest BCUT2D eigenvalue weighted by atomic mass is 9.86. The number of nitrogens with two attached hydrogens (primary N) is 1. The molecule has 0 unspecified atom stereocenters. The smallest absolute Gasteiger partial charge is 0.0670 e. The Bertz CT molecular complexity index is 1780. The molecule has 4 rings (SSSR count). The van der Waals surface area contributed by atoms with Crippen LogP contribution in [0.15, 0.2) is 36.4 Å². The maximum Gasteiger partial charge on any atom is 0.0670 e. The van der Waals surface area contributed by atoms with Crippen LogP contribution in [0.4, 0.5) is 0 Å². The monoisotopic (exact) mass is 462 g/mol. The predicted octanol–water partition coefficient (Wildman–Crippen LogP) is 4.74. The number of nitriles is 5. The van der Waals surface area contributed by atoms with Crippen molar-refractivity contribution in [2.24, 2.45) is 5.73 Å². The van der Waals surface area contributed by atoms with Gasteiger partial charge in [0.05, 0.1) is 62.5 Å². The van der Waals surface area contributed by atoms with E-state index in [1.54, 1.807) is 0 Å². The maximum atomic E-state index is 9.40. The van der Waals surface area contributed by atoms with Crippen LogP contribution in [0.25, 0.3) is 32.3 Å². The molecule has 0 amide bonds. The molecule has 168 valence electrons. The van der Waals surface area contributed by atoms with Gasteiger partial charge in [-0.3, -0.25) is 0 Å². The molecular formula is C30H18N6. The summed E-state index contributed by atoms with van der Waals surface area (Å²) in [5, 5.41) is 52.3. The van der Waals surface area contributed by atoms with Gasteiger partial charge in [-0.2, -0.15) is 26.3 Å². The molecule has 0 aliphatic carbocycles. The van der Waals surface area contributed by atoms with Crippen LogP contribution >= 0.6 is 0 Å². The lowest BCUT2D eigenvalue weighted by Gasteiger charge is -2.17. The molecule has 0 saturated carbocycles. The molecule has 0 radical (unpaired) electrons. The van der Waals surface area contributed by atoms with Gasteiger partial charge in [-0.25, -0.2) is 0 Å². The van der Waals surface area contributed by atoms with Gasteiger partial charge in [0.25, 0.3) is 0 Å². The van der Waals surface area contributed by atoms with E-state index in [4.69, 9.17) is 5.73 Å². The largest absolute Gasteiger partial charge is 0.359 e. The van der Waals surface area contributed by atoms with Crippen molar-refractivity contribution in [1.29, 1.82) is 26.3 Å². The first-order chi connectivity index (χ1) is 17.6. The molecule has 6 nitrogen and oxygen atoms in total. The molecular weight excluding hydrogens is 444 g/mol. The van der Waals surface area contributed by atoms with Crippen molar-refractivity contribution in [2.45, 2.75) is 32.1 Å². The molecule has 36 heavy (non-hydrogen) atoms. The fourth-order valence-electron chi connectivity index (χ4n) is 4.78. The van der Waals surface area contributed by atoms with Gasteiger partial charge in [0.2, 0.25) is 0 Å². The summed E-state index contributed by atoms with van der Waals surface area (Å²) in [6, 6.07) is 25.0. The van der Waals surface area contributed by atoms with E-state index in [2.05, 4.69) is 42.3 Å². The van der Waals surface area contributed by atoms with Crippen molar-refractivity contribution in [1.82, 2.24) is 0 Å². The van der Waals surface area contributed by atoms with Gasteiger partial charge >= 0.3 is 0 Å². The second kappa shape index (κ2) is 10.2. The van der Waals surface area contributed by atoms with E-state index in [0.29, 0.717) is 5.56 Å². The molecule has 0 saturated heterocycles. The van der Waals surface area contributed by atoms with E-state index in [9.17, 15) is 26.3 Å². The third kappa shape index (κ3) is 4.09. The van der Waals surface area contributed by atoms with Crippen molar-refractivity contribution in [3.05, 3.63) is 69.8 Å². The van der Waals surface area contributed by atoms with Crippen LogP contribution in [0.2, 0.25) is 0 Å². The molecule has 6 heteroatoms. The predicted molar refractivity (Wildman–Crippen MR) is 137 cm³/mol. The van der Waals surface area contributed by atoms with Crippen molar-refractivity contribution in [2.75, 3.05) is 0 Å². The quantitative estimate of drug-likeness (QED) is 0.257. The van der Waals surface area contributed by atoms with Crippen molar-refractivity contribution in [3.8, 4) is 42.3 Å². The Hall–Kier alpha value is -5.53. The van der Waals surface area contributed by atoms with Crippen LogP contribution in [-0.4, -0.2) is 0 Å². The second-order valence-corrected chi connectivity index (χ2v) is 8.33. The third-order valence-electron chi connectivity index (χ3n) is 6.35. The Kier molecular flexibility index (Phi) is 6.67. The summed E-state index contributed by atoms with van der Waals surface area (Å²) in [6.45, 7) is 0. The van der Waals surface area contributed by atoms with Crippen molar-refractivity contribution < 1.29 is 0 Å². The van der Waals surface area contributed by atoms with E-state index < -0.39 is 0 Å². The SMILES string of the molecule is N#CCc1cc2c(cc1C#CN)c1cc(CC#N)c(CC#N)cc1c1cc(CC#N)c(CC#N)cc21. The minimum absolute atomic E-state index is 0.151. The molecule has 0 bridgehead atoms. The lowest BCUT2D eigenvalue weighted by Crippen LogP contribution is -1.98. The molecule has 0 heterocycles. The van der Waals surface area contributed by atoms with E-state index in [0.717, 1.165) is 60.1 Å². The van der Waals surface area contributed by atoms with Crippen LogP contribution in [0.3, 0.4) is 0 Å². The minimum atomic E-state index is 0.151. The van der Waals surface area contributed by atoms with Crippen molar-refractivity contribution >= 4 is 32.3 Å². The maximum absolute atomic E-state index is 9.40. The summed E-state index contributed by atoms with van der Waals surface area (Å²) in [7, 11) is 0. The highest BCUT2D eigenvalue weighted by molar-refractivity contribution is 6.26. The fourth-order valence-corrected chi connectivity index (χ4v) is 4.78. The summed E-state index contributed by atoms with van der Waals surface area (Å²) in [5.41, 5.74) is 10.0. The Labute approximate surface area is 208 Å². The van der Waals surface area contributed by atoms with Gasteiger partial charge in [0, 0.05) is 11.6 Å². The molecule has 4 aromatic rings. The van der Waals surface area contributed by atoms with E-state index in [-0.39, 0.29) is 32.1 Å². The number of benzene rings is 4. The average molecular weight is 463 g/mol. The second-order valence-electron chi connectivity index (χ2n) is 8.33. The van der Waals surface area contributed by atoms with Gasteiger partial charge in [-0.1, -0.05) is 0 Å². The molecule has 4 aromatic carbocycles. The highest BCUT2D eigenvalue weighted by atomic mass is 14.5. The first-order valence-corrected chi connectivity index (χ1v) is 11.2. The van der Waals surface area contributed by atoms with E-state index >= 15 is 0 Å². The van der Waals surface area contributed by atoms with Crippen LogP contribution in [0.1, 0.15) is 33.4 Å². The Morgan fingerprint density at radius 3 is 1.03 bits per heavy atom. The average Bonchev–Trinajstić information content (AvgIpc) is 2.87. The van der Waals surface area contributed by atoms with Crippen LogP contribution in [0, 0.1) is 68.6 Å². The normalized spacial score (nSPS) is 9.97. The Balaban J connectivity index is 2.30. The molecule has 0 spiro atoms. The lowest BCUT2D eigenvalue weighted by molar-refractivity contribution is 1.16. The number of rotatable bonds is 5. The van der Waals surface area contributed by atoms with Gasteiger partial charge in [0.1, 0.15) is 0 Å². The first kappa shape index (κ1) is 23.6. The molecule has 0 aliphatic rings. The van der Waals surface area contributed by atoms with Gasteiger partial charge in [0.15, 0.2) is 0 Å². The summed E-state index contributed by atoms with van der Waals surface area (Å²) >= 11 is 0. The molecule has 2 N–H and O–H groups in total. The number of hydrogen-bond donors (Lipinski definition) is 1. The van der Waals surface area contributed by atoms with Gasteiger partial charge in [-0.05, 0) is 102 Å². The van der Waals surface area contributed by atoms with Crippen LogP contribution in [-0.2, 0) is 32.1 Å². The van der Waals surface area contributed by atoms with Crippen LogP contribution < -0.4 is 5.73 Å². The van der Waals surface area contributed by atoms with Gasteiger partial charge < -0.3 is 5.73 Å². The number of fused-ring (bicyclic) bond motifs is 6. The first-order valence-electron chi connectivity index (χ1n) is 11.2. The minimum Gasteiger partial charge on any atom is -0.359 e. The highest BCUT2D eigenvalue weighted by Gasteiger charge is 2.17. The zero-order valence-electron chi connectivity index (χ0n) is 19.3. The summed E-state index contributed by atoms with van der Waals surface area (Å²) in [5.74, 6) is 2.90. The molecule has 0 aliphatic heterocycles. The van der Waals surface area contributed by atoms with Gasteiger partial charge in [-0.15, -0.1) is 0 Å². The van der Waals surface area contributed by atoms with Crippen LogP contribution in [0.5, 0.6) is 0 Å². The number of hydrogen-bond acceptors (Lipinski definition) is 6. The Morgan fingerprint density at radius 2 is 0.722 bits per heavy atom.